The normalized spacial score (nSPS) is 11.8. The predicted octanol–water partition coefficient (Wildman–Crippen LogP) is 1.71. The number of rotatable bonds is 5. The van der Waals surface area contributed by atoms with Gasteiger partial charge in [0.15, 0.2) is 0 Å². The third-order valence-corrected chi connectivity index (χ3v) is 5.60. The van der Waals surface area contributed by atoms with E-state index in [1.807, 2.05) is 0 Å². The van der Waals surface area contributed by atoms with Crippen molar-refractivity contribution < 1.29 is 13.2 Å². The lowest BCUT2D eigenvalue weighted by Gasteiger charge is -2.19. The Morgan fingerprint density at radius 2 is 2.00 bits per heavy atom. The summed E-state index contributed by atoms with van der Waals surface area (Å²) in [6, 6.07) is 4.81. The molecule has 18 heavy (non-hydrogen) atoms. The average molecular weight is 400 g/mol. The molecule has 0 fully saturated rings. The van der Waals surface area contributed by atoms with E-state index in [4.69, 9.17) is 5.73 Å². The van der Waals surface area contributed by atoms with Gasteiger partial charge in [-0.05, 0) is 34.1 Å². The van der Waals surface area contributed by atoms with Crippen molar-refractivity contribution in [2.24, 2.45) is 5.73 Å². The van der Waals surface area contributed by atoms with Gasteiger partial charge in [-0.1, -0.05) is 22.9 Å². The number of nitrogens with zero attached hydrogens (tertiary/aromatic N) is 1. The lowest BCUT2D eigenvalue weighted by Crippen LogP contribution is -2.38. The van der Waals surface area contributed by atoms with Crippen LogP contribution < -0.4 is 5.73 Å². The highest BCUT2D eigenvalue weighted by Gasteiger charge is 2.26. The van der Waals surface area contributed by atoms with Gasteiger partial charge in [-0.2, -0.15) is 4.31 Å². The van der Waals surface area contributed by atoms with Crippen LogP contribution in [0.3, 0.4) is 0 Å². The van der Waals surface area contributed by atoms with Crippen LogP contribution in [-0.4, -0.2) is 31.7 Å². The van der Waals surface area contributed by atoms with E-state index in [-0.39, 0.29) is 18.0 Å². The molecule has 0 unspecified atom stereocenters. The molecule has 5 nitrogen and oxygen atoms in total. The molecule has 1 rings (SSSR count). The quantitative estimate of drug-likeness (QED) is 0.818. The van der Waals surface area contributed by atoms with Crippen molar-refractivity contribution in [1.82, 2.24) is 4.31 Å². The van der Waals surface area contributed by atoms with E-state index in [1.54, 1.807) is 19.1 Å². The maximum Gasteiger partial charge on any atom is 0.244 e. The second-order valence-corrected chi connectivity index (χ2v) is 7.15. The Hall–Kier alpha value is -0.440. The Balaban J connectivity index is 3.26. The zero-order valence-corrected chi connectivity index (χ0v) is 13.5. The summed E-state index contributed by atoms with van der Waals surface area (Å²) in [6.07, 6.45) is 0. The number of carbonyl (C=O) groups excluding carboxylic acids is 1. The molecule has 1 aromatic rings. The molecular formula is C10H12Br2N2O3S. The van der Waals surface area contributed by atoms with Crippen LogP contribution >= 0.6 is 31.9 Å². The number of amides is 1. The molecule has 8 heteroatoms. The van der Waals surface area contributed by atoms with Gasteiger partial charge in [-0.15, -0.1) is 0 Å². The first-order valence-electron chi connectivity index (χ1n) is 5.02. The molecule has 0 spiro atoms. The largest absolute Gasteiger partial charge is 0.369 e. The third-order valence-electron chi connectivity index (χ3n) is 2.20. The van der Waals surface area contributed by atoms with Gasteiger partial charge < -0.3 is 5.73 Å². The monoisotopic (exact) mass is 398 g/mol. The van der Waals surface area contributed by atoms with Gasteiger partial charge >= 0.3 is 0 Å². The molecule has 0 aromatic heterocycles. The minimum absolute atomic E-state index is 0.0972. The lowest BCUT2D eigenvalue weighted by molar-refractivity contribution is -0.118. The van der Waals surface area contributed by atoms with E-state index in [1.165, 1.54) is 6.07 Å². The predicted molar refractivity (Wildman–Crippen MR) is 75.5 cm³/mol. The molecule has 1 amide bonds. The van der Waals surface area contributed by atoms with Crippen LogP contribution in [0.5, 0.6) is 0 Å². The molecule has 0 aliphatic rings. The van der Waals surface area contributed by atoms with Crippen molar-refractivity contribution in [3.8, 4) is 0 Å². The zero-order valence-electron chi connectivity index (χ0n) is 9.56. The number of sulfonamides is 1. The van der Waals surface area contributed by atoms with E-state index in [9.17, 15) is 13.2 Å². The van der Waals surface area contributed by atoms with Gasteiger partial charge in [0, 0.05) is 15.5 Å². The Kier molecular flexibility index (Phi) is 5.32. The van der Waals surface area contributed by atoms with E-state index < -0.39 is 15.9 Å². The van der Waals surface area contributed by atoms with Crippen LogP contribution in [0.4, 0.5) is 0 Å². The van der Waals surface area contributed by atoms with Crippen LogP contribution in [0, 0.1) is 0 Å². The molecule has 0 atom stereocenters. The Labute approximate surface area is 123 Å². The lowest BCUT2D eigenvalue weighted by atomic mass is 10.4. The molecule has 100 valence electrons. The Morgan fingerprint density at radius 3 is 2.50 bits per heavy atom. The van der Waals surface area contributed by atoms with Gasteiger partial charge in [0.25, 0.3) is 0 Å². The fourth-order valence-electron chi connectivity index (χ4n) is 1.35. The molecule has 0 aliphatic carbocycles. The Bertz CT molecular complexity index is 560. The first-order chi connectivity index (χ1) is 8.28. The number of hydrogen-bond acceptors (Lipinski definition) is 3. The number of nitrogens with two attached hydrogens (primary N) is 1. The highest BCUT2D eigenvalue weighted by atomic mass is 79.9. The number of primary amides is 1. The van der Waals surface area contributed by atoms with Crippen LogP contribution in [0.15, 0.2) is 32.0 Å². The van der Waals surface area contributed by atoms with Crippen molar-refractivity contribution in [2.45, 2.75) is 11.8 Å². The molecule has 0 radical (unpaired) electrons. The second kappa shape index (κ2) is 6.14. The first-order valence-corrected chi connectivity index (χ1v) is 8.05. The standard InChI is InChI=1S/C10H12Br2N2O3S/c1-2-14(6-10(13)15)18(16,17)9-5-7(11)3-4-8(9)12/h3-5H,2,6H2,1H3,(H2,13,15). The van der Waals surface area contributed by atoms with Crippen LogP contribution in [-0.2, 0) is 14.8 Å². The molecule has 0 aliphatic heterocycles. The molecule has 2 N–H and O–H groups in total. The van der Waals surface area contributed by atoms with E-state index >= 15 is 0 Å². The summed E-state index contributed by atoms with van der Waals surface area (Å²) in [5.41, 5.74) is 5.05. The van der Waals surface area contributed by atoms with E-state index in [0.717, 1.165) is 4.31 Å². The zero-order chi connectivity index (χ0) is 13.9. The van der Waals surface area contributed by atoms with Gasteiger partial charge in [-0.25, -0.2) is 8.42 Å². The van der Waals surface area contributed by atoms with Gasteiger partial charge in [0.05, 0.1) is 11.4 Å². The van der Waals surface area contributed by atoms with Gasteiger partial charge in [0.1, 0.15) is 0 Å². The molecular weight excluding hydrogens is 388 g/mol. The fraction of sp³-hybridized carbons (Fsp3) is 0.300. The highest BCUT2D eigenvalue weighted by molar-refractivity contribution is 9.11. The smallest absolute Gasteiger partial charge is 0.244 e. The first kappa shape index (κ1) is 15.6. The van der Waals surface area contributed by atoms with E-state index in [2.05, 4.69) is 31.9 Å². The maximum atomic E-state index is 12.3. The second-order valence-electron chi connectivity index (χ2n) is 3.47. The summed E-state index contributed by atoms with van der Waals surface area (Å²) in [6.45, 7) is 1.48. The van der Waals surface area contributed by atoms with Crippen LogP contribution in [0.2, 0.25) is 0 Å². The topological polar surface area (TPSA) is 80.5 Å². The average Bonchev–Trinajstić information content (AvgIpc) is 2.28. The van der Waals surface area contributed by atoms with Crippen LogP contribution in [0.25, 0.3) is 0 Å². The summed E-state index contributed by atoms with van der Waals surface area (Å²) in [7, 11) is -3.74. The fourth-order valence-corrected chi connectivity index (χ4v) is 4.23. The maximum absolute atomic E-state index is 12.3. The third kappa shape index (κ3) is 3.53. The number of hydrogen-bond donors (Lipinski definition) is 1. The number of halogens is 2. The summed E-state index contributed by atoms with van der Waals surface area (Å²) in [5, 5.41) is 0. The molecule has 1 aromatic carbocycles. The highest BCUT2D eigenvalue weighted by Crippen LogP contribution is 2.28. The van der Waals surface area contributed by atoms with Crippen molar-refractivity contribution in [1.29, 1.82) is 0 Å². The number of carbonyl (C=O) groups is 1. The summed E-state index contributed by atoms with van der Waals surface area (Å²) in [4.78, 5) is 11.0. The summed E-state index contributed by atoms with van der Waals surface area (Å²) in [5.74, 6) is -0.688. The van der Waals surface area contributed by atoms with Crippen molar-refractivity contribution in [3.63, 3.8) is 0 Å². The van der Waals surface area contributed by atoms with Crippen molar-refractivity contribution in [2.75, 3.05) is 13.1 Å². The SMILES string of the molecule is CCN(CC(N)=O)S(=O)(=O)c1cc(Br)ccc1Br. The Morgan fingerprint density at radius 1 is 1.39 bits per heavy atom. The molecule has 0 bridgehead atoms. The van der Waals surface area contributed by atoms with Gasteiger partial charge in [-0.3, -0.25) is 4.79 Å². The number of likely N-dealkylation sites (N-methyl/N-ethyl adjacent to an activating group) is 1. The van der Waals surface area contributed by atoms with E-state index in [0.29, 0.717) is 8.95 Å². The summed E-state index contributed by atoms with van der Waals surface area (Å²) < 4.78 is 26.8. The molecule has 0 saturated carbocycles. The minimum atomic E-state index is -3.74. The molecule has 0 saturated heterocycles. The minimum Gasteiger partial charge on any atom is -0.369 e. The molecule has 0 heterocycles. The van der Waals surface area contributed by atoms with Crippen molar-refractivity contribution in [3.05, 3.63) is 27.1 Å². The summed E-state index contributed by atoms with van der Waals surface area (Å²) >= 11 is 6.40. The van der Waals surface area contributed by atoms with Crippen molar-refractivity contribution >= 4 is 47.8 Å². The number of benzene rings is 1. The van der Waals surface area contributed by atoms with Gasteiger partial charge in [0.2, 0.25) is 15.9 Å². The van der Waals surface area contributed by atoms with Crippen LogP contribution in [0.1, 0.15) is 6.92 Å².